The highest BCUT2D eigenvalue weighted by Gasteiger charge is 2.04. The summed E-state index contributed by atoms with van der Waals surface area (Å²) in [7, 11) is 0. The molecule has 0 amide bonds. The Hall–Kier alpha value is -2.33. The van der Waals surface area contributed by atoms with Crippen LogP contribution in [0.2, 0.25) is 0 Å². The van der Waals surface area contributed by atoms with E-state index in [0.29, 0.717) is 12.5 Å². The van der Waals surface area contributed by atoms with Gasteiger partial charge in [-0.2, -0.15) is 0 Å². The van der Waals surface area contributed by atoms with Crippen molar-refractivity contribution in [3.63, 3.8) is 0 Å². The van der Waals surface area contributed by atoms with Crippen LogP contribution in [0.5, 0.6) is 17.2 Å². The lowest BCUT2D eigenvalue weighted by molar-refractivity contribution is 0.304. The molecule has 0 atom stereocenters. The van der Waals surface area contributed by atoms with E-state index in [-0.39, 0.29) is 0 Å². The van der Waals surface area contributed by atoms with Gasteiger partial charge in [0.25, 0.3) is 0 Å². The maximum absolute atomic E-state index is 5.92. The fourth-order valence-corrected chi connectivity index (χ4v) is 3.00. The first-order valence-corrected chi connectivity index (χ1v) is 8.84. The van der Waals surface area contributed by atoms with E-state index in [9.17, 15) is 0 Å². The second-order valence-electron chi connectivity index (χ2n) is 5.95. The standard InChI is InChI=1S/C20H21NO2S/c1-14(2)16-7-9-17(10-8-16)23-19-6-4-5-18(11-19)22-13-20-21-12-15(3)24-20/h4-12,14H,13H2,1-3H3. The van der Waals surface area contributed by atoms with Crippen molar-refractivity contribution in [2.24, 2.45) is 0 Å². The Labute approximate surface area is 146 Å². The molecule has 0 unspecified atom stereocenters. The van der Waals surface area contributed by atoms with Gasteiger partial charge in [0.05, 0.1) is 0 Å². The maximum atomic E-state index is 5.92. The molecule has 1 aromatic heterocycles. The number of aromatic nitrogens is 1. The first-order chi connectivity index (χ1) is 11.6. The van der Waals surface area contributed by atoms with Crippen molar-refractivity contribution in [2.45, 2.75) is 33.3 Å². The quantitative estimate of drug-likeness (QED) is 0.556. The fraction of sp³-hybridized carbons (Fsp3) is 0.250. The molecule has 0 aliphatic carbocycles. The molecule has 3 aromatic rings. The van der Waals surface area contributed by atoms with Crippen molar-refractivity contribution in [1.29, 1.82) is 0 Å². The second kappa shape index (κ2) is 7.49. The predicted octanol–water partition coefficient (Wildman–Crippen LogP) is 5.95. The molecule has 4 heteroatoms. The van der Waals surface area contributed by atoms with Crippen molar-refractivity contribution in [3.05, 3.63) is 70.2 Å². The number of hydrogen-bond acceptors (Lipinski definition) is 4. The highest BCUT2D eigenvalue weighted by Crippen LogP contribution is 2.27. The maximum Gasteiger partial charge on any atom is 0.140 e. The Morgan fingerprint density at radius 3 is 2.42 bits per heavy atom. The van der Waals surface area contributed by atoms with E-state index < -0.39 is 0 Å². The third-order valence-corrected chi connectivity index (χ3v) is 4.51. The van der Waals surface area contributed by atoms with Crippen LogP contribution in [0.4, 0.5) is 0 Å². The molecule has 3 nitrogen and oxygen atoms in total. The molecule has 1 heterocycles. The van der Waals surface area contributed by atoms with Crippen molar-refractivity contribution in [2.75, 3.05) is 0 Å². The molecule has 24 heavy (non-hydrogen) atoms. The molecule has 0 fully saturated rings. The van der Waals surface area contributed by atoms with Crippen LogP contribution in [0, 0.1) is 6.92 Å². The molecule has 0 aliphatic heterocycles. The van der Waals surface area contributed by atoms with Gasteiger partial charge in [0, 0.05) is 17.1 Å². The molecule has 0 aliphatic rings. The molecule has 0 N–H and O–H groups in total. The van der Waals surface area contributed by atoms with Gasteiger partial charge in [0.2, 0.25) is 0 Å². The fourth-order valence-electron chi connectivity index (χ4n) is 2.30. The van der Waals surface area contributed by atoms with Gasteiger partial charge in [-0.15, -0.1) is 11.3 Å². The zero-order valence-corrected chi connectivity index (χ0v) is 15.0. The summed E-state index contributed by atoms with van der Waals surface area (Å²) >= 11 is 1.65. The van der Waals surface area contributed by atoms with Crippen LogP contribution in [-0.2, 0) is 6.61 Å². The van der Waals surface area contributed by atoms with Crippen LogP contribution >= 0.6 is 11.3 Å². The number of hydrogen-bond donors (Lipinski definition) is 0. The zero-order valence-electron chi connectivity index (χ0n) is 14.2. The molecule has 0 saturated carbocycles. The summed E-state index contributed by atoms with van der Waals surface area (Å²) in [6.45, 7) is 6.88. The Kier molecular flexibility index (Phi) is 5.16. The van der Waals surface area contributed by atoms with E-state index in [4.69, 9.17) is 9.47 Å². The average Bonchev–Trinajstić information content (AvgIpc) is 2.99. The summed E-state index contributed by atoms with van der Waals surface area (Å²) in [5.41, 5.74) is 1.30. The van der Waals surface area contributed by atoms with Crippen LogP contribution in [0.15, 0.2) is 54.7 Å². The summed E-state index contributed by atoms with van der Waals surface area (Å²) in [6, 6.07) is 15.9. The van der Waals surface area contributed by atoms with Crippen molar-refractivity contribution in [3.8, 4) is 17.2 Å². The largest absolute Gasteiger partial charge is 0.486 e. The number of thiazole rings is 1. The van der Waals surface area contributed by atoms with E-state index in [1.807, 2.05) is 49.5 Å². The van der Waals surface area contributed by atoms with Gasteiger partial charge in [0.1, 0.15) is 28.9 Å². The molecule has 3 rings (SSSR count). The summed E-state index contributed by atoms with van der Waals surface area (Å²) in [5, 5.41) is 0.975. The number of ether oxygens (including phenoxy) is 2. The Balaban J connectivity index is 1.64. The van der Waals surface area contributed by atoms with Crippen LogP contribution in [0.1, 0.15) is 35.2 Å². The summed E-state index contributed by atoms with van der Waals surface area (Å²) in [5.74, 6) is 2.89. The van der Waals surface area contributed by atoms with Crippen molar-refractivity contribution >= 4 is 11.3 Å². The van der Waals surface area contributed by atoms with Crippen molar-refractivity contribution in [1.82, 2.24) is 4.98 Å². The number of nitrogens with zero attached hydrogens (tertiary/aromatic N) is 1. The third-order valence-electron chi connectivity index (χ3n) is 3.62. The zero-order chi connectivity index (χ0) is 16.9. The van der Waals surface area contributed by atoms with Crippen LogP contribution in [0.25, 0.3) is 0 Å². The lowest BCUT2D eigenvalue weighted by Gasteiger charge is -2.10. The number of rotatable bonds is 6. The Bertz CT molecular complexity index is 793. The normalized spacial score (nSPS) is 10.8. The first-order valence-electron chi connectivity index (χ1n) is 8.02. The minimum atomic E-state index is 0.477. The van der Waals surface area contributed by atoms with E-state index in [1.54, 1.807) is 11.3 Å². The Morgan fingerprint density at radius 1 is 1.00 bits per heavy atom. The van der Waals surface area contributed by atoms with Gasteiger partial charge >= 0.3 is 0 Å². The van der Waals surface area contributed by atoms with Gasteiger partial charge in [-0.25, -0.2) is 4.98 Å². The highest BCUT2D eigenvalue weighted by atomic mass is 32.1. The minimum absolute atomic E-state index is 0.477. The van der Waals surface area contributed by atoms with E-state index >= 15 is 0 Å². The van der Waals surface area contributed by atoms with Gasteiger partial charge in [-0.1, -0.05) is 32.0 Å². The molecular formula is C20H21NO2S. The van der Waals surface area contributed by atoms with Crippen LogP contribution in [0.3, 0.4) is 0 Å². The molecule has 0 radical (unpaired) electrons. The van der Waals surface area contributed by atoms with Crippen LogP contribution in [-0.4, -0.2) is 4.98 Å². The van der Waals surface area contributed by atoms with Gasteiger partial charge in [-0.05, 0) is 42.7 Å². The molecule has 124 valence electrons. The van der Waals surface area contributed by atoms with Crippen LogP contribution < -0.4 is 9.47 Å². The van der Waals surface area contributed by atoms with Gasteiger partial charge in [0.15, 0.2) is 0 Å². The second-order valence-corrected chi connectivity index (χ2v) is 7.27. The molecule has 0 bridgehead atoms. The van der Waals surface area contributed by atoms with E-state index in [1.165, 1.54) is 10.4 Å². The number of aryl methyl sites for hydroxylation is 1. The van der Waals surface area contributed by atoms with E-state index in [2.05, 4.69) is 31.0 Å². The molecule has 2 aromatic carbocycles. The van der Waals surface area contributed by atoms with Crippen molar-refractivity contribution < 1.29 is 9.47 Å². The highest BCUT2D eigenvalue weighted by molar-refractivity contribution is 7.11. The Morgan fingerprint density at radius 2 is 1.75 bits per heavy atom. The summed E-state index contributed by atoms with van der Waals surface area (Å²) in [6.07, 6.45) is 1.86. The SMILES string of the molecule is Cc1cnc(COc2cccc(Oc3ccc(C(C)C)cc3)c2)s1. The third kappa shape index (κ3) is 4.36. The lowest BCUT2D eigenvalue weighted by Crippen LogP contribution is -1.94. The molecular weight excluding hydrogens is 318 g/mol. The smallest absolute Gasteiger partial charge is 0.140 e. The topological polar surface area (TPSA) is 31.4 Å². The van der Waals surface area contributed by atoms with Gasteiger partial charge < -0.3 is 9.47 Å². The monoisotopic (exact) mass is 339 g/mol. The summed E-state index contributed by atoms with van der Waals surface area (Å²) < 4.78 is 11.7. The molecule has 0 saturated heterocycles. The summed E-state index contributed by atoms with van der Waals surface area (Å²) in [4.78, 5) is 5.50. The number of benzene rings is 2. The molecule has 0 spiro atoms. The minimum Gasteiger partial charge on any atom is -0.486 e. The average molecular weight is 339 g/mol. The lowest BCUT2D eigenvalue weighted by atomic mass is 10.0. The predicted molar refractivity (Wildman–Crippen MR) is 98.2 cm³/mol. The van der Waals surface area contributed by atoms with E-state index in [0.717, 1.165) is 22.3 Å². The first kappa shape index (κ1) is 16.5. The van der Waals surface area contributed by atoms with Gasteiger partial charge in [-0.3, -0.25) is 0 Å².